The third kappa shape index (κ3) is 4.91. The first kappa shape index (κ1) is 24.1. The molecule has 0 spiro atoms. The van der Waals surface area contributed by atoms with Crippen LogP contribution >= 0.6 is 11.6 Å². The molecule has 0 atom stereocenters. The second-order valence-electron chi connectivity index (χ2n) is 8.60. The highest BCUT2D eigenvalue weighted by molar-refractivity contribution is 6.31. The van der Waals surface area contributed by atoms with Gasteiger partial charge in [0.1, 0.15) is 0 Å². The second-order valence-corrected chi connectivity index (χ2v) is 9.03. The van der Waals surface area contributed by atoms with Gasteiger partial charge in [-0.15, -0.1) is 5.10 Å². The van der Waals surface area contributed by atoms with Gasteiger partial charge in [0.05, 0.1) is 28.8 Å². The molecule has 2 N–H and O–H groups in total. The Morgan fingerprint density at radius 2 is 1.86 bits per heavy atom. The summed E-state index contributed by atoms with van der Waals surface area (Å²) in [6.07, 6.45) is 6.65. The molecule has 4 heterocycles. The van der Waals surface area contributed by atoms with Crippen LogP contribution in [0.5, 0.6) is 0 Å². The van der Waals surface area contributed by atoms with Crippen LogP contribution in [0.1, 0.15) is 17.0 Å². The molecular weight excluding hydrogens is 494 g/mol. The van der Waals surface area contributed by atoms with Crippen molar-refractivity contribution in [1.29, 1.82) is 0 Å². The number of pyridine rings is 2. The maximum Gasteiger partial charge on any atom is 0.325 e. The molecule has 5 aromatic rings. The third-order valence-corrected chi connectivity index (χ3v) is 6.38. The van der Waals surface area contributed by atoms with E-state index in [0.29, 0.717) is 40.4 Å². The van der Waals surface area contributed by atoms with Gasteiger partial charge in [0.2, 0.25) is 0 Å². The Balaban J connectivity index is 1.64. The first-order chi connectivity index (χ1) is 17.8. The number of benzene rings is 1. The molecular formula is C26H22ClN7O3. The number of aromatic amines is 2. The SMILES string of the molecule is Cc1nnn(CCc2cc(Cl)cc(-c3cc(-c4c[nH]c(=O)[nH]c4=O)cn(-c4cccnc4)c3=O)c2)c1C. The van der Waals surface area contributed by atoms with Gasteiger partial charge in [0.25, 0.3) is 11.1 Å². The molecule has 0 radical (unpaired) electrons. The van der Waals surface area contributed by atoms with E-state index in [-0.39, 0.29) is 11.1 Å². The fourth-order valence-electron chi connectivity index (χ4n) is 4.09. The van der Waals surface area contributed by atoms with Gasteiger partial charge in [-0.1, -0.05) is 22.9 Å². The van der Waals surface area contributed by atoms with E-state index in [2.05, 4.69) is 25.3 Å². The molecule has 11 heteroatoms. The highest BCUT2D eigenvalue weighted by Gasteiger charge is 2.15. The predicted molar refractivity (Wildman–Crippen MR) is 140 cm³/mol. The van der Waals surface area contributed by atoms with Gasteiger partial charge in [0, 0.05) is 41.3 Å². The van der Waals surface area contributed by atoms with Crippen molar-refractivity contribution in [2.45, 2.75) is 26.8 Å². The molecule has 0 aliphatic rings. The number of rotatable bonds is 6. The van der Waals surface area contributed by atoms with Crippen LogP contribution in [0.25, 0.3) is 27.9 Å². The van der Waals surface area contributed by atoms with E-state index in [9.17, 15) is 14.4 Å². The minimum absolute atomic E-state index is 0.206. The van der Waals surface area contributed by atoms with Crippen molar-refractivity contribution in [1.82, 2.24) is 34.5 Å². The van der Waals surface area contributed by atoms with Crippen molar-refractivity contribution < 1.29 is 0 Å². The van der Waals surface area contributed by atoms with Gasteiger partial charge in [-0.25, -0.2) is 9.48 Å². The monoisotopic (exact) mass is 515 g/mol. The predicted octanol–water partition coefficient (Wildman–Crippen LogP) is 3.05. The quantitative estimate of drug-likeness (QED) is 0.357. The zero-order valence-electron chi connectivity index (χ0n) is 20.0. The maximum atomic E-state index is 13.7. The van der Waals surface area contributed by atoms with Crippen LogP contribution in [0.15, 0.2) is 75.6 Å². The Labute approximate surface area is 215 Å². The number of H-pyrrole nitrogens is 2. The number of hydrogen-bond donors (Lipinski definition) is 2. The minimum atomic E-state index is -0.619. The largest absolute Gasteiger partial charge is 0.325 e. The molecule has 0 aliphatic carbocycles. The van der Waals surface area contributed by atoms with Gasteiger partial charge in [-0.2, -0.15) is 0 Å². The zero-order chi connectivity index (χ0) is 26.1. The average Bonchev–Trinajstić information content (AvgIpc) is 3.20. The van der Waals surface area contributed by atoms with E-state index in [1.807, 2.05) is 30.7 Å². The average molecular weight is 516 g/mol. The number of aryl methyl sites for hydroxylation is 3. The normalized spacial score (nSPS) is 11.1. The molecule has 0 fully saturated rings. The van der Waals surface area contributed by atoms with Crippen molar-refractivity contribution in [2.24, 2.45) is 0 Å². The summed E-state index contributed by atoms with van der Waals surface area (Å²) in [5, 5.41) is 8.74. The molecule has 0 bridgehead atoms. The first-order valence-corrected chi connectivity index (χ1v) is 11.8. The Bertz CT molecular complexity index is 1780. The van der Waals surface area contributed by atoms with Crippen LogP contribution in [0.4, 0.5) is 0 Å². The lowest BCUT2D eigenvalue weighted by Gasteiger charge is -2.13. The van der Waals surface area contributed by atoms with E-state index in [4.69, 9.17) is 11.6 Å². The molecule has 0 saturated heterocycles. The van der Waals surface area contributed by atoms with Crippen LogP contribution < -0.4 is 16.8 Å². The molecule has 37 heavy (non-hydrogen) atoms. The van der Waals surface area contributed by atoms with Gasteiger partial charge >= 0.3 is 5.69 Å². The van der Waals surface area contributed by atoms with Crippen molar-refractivity contribution >= 4 is 11.6 Å². The Morgan fingerprint density at radius 3 is 2.57 bits per heavy atom. The number of aromatic nitrogens is 7. The molecule has 0 aliphatic heterocycles. The number of halogens is 1. The van der Waals surface area contributed by atoms with Gasteiger partial charge in [-0.05, 0) is 61.7 Å². The summed E-state index contributed by atoms with van der Waals surface area (Å²) in [6, 6.07) is 10.5. The summed E-state index contributed by atoms with van der Waals surface area (Å²) in [7, 11) is 0. The molecule has 0 saturated carbocycles. The topological polar surface area (TPSA) is 131 Å². The summed E-state index contributed by atoms with van der Waals surface area (Å²) in [4.78, 5) is 46.6. The van der Waals surface area contributed by atoms with Crippen molar-refractivity contribution in [3.63, 3.8) is 0 Å². The summed E-state index contributed by atoms with van der Waals surface area (Å²) in [5.74, 6) is 0. The summed E-state index contributed by atoms with van der Waals surface area (Å²) < 4.78 is 3.25. The van der Waals surface area contributed by atoms with Crippen LogP contribution in [-0.2, 0) is 13.0 Å². The lowest BCUT2D eigenvalue weighted by molar-refractivity contribution is 0.575. The lowest BCUT2D eigenvalue weighted by Crippen LogP contribution is -2.24. The zero-order valence-corrected chi connectivity index (χ0v) is 20.8. The van der Waals surface area contributed by atoms with E-state index < -0.39 is 11.2 Å². The smallest absolute Gasteiger partial charge is 0.313 e. The number of nitrogens with one attached hydrogen (secondary N) is 2. The standard InChI is InChI=1S/C26H22ClN7O3/c1-15-16(2)34(32-31-15)7-5-17-8-18(10-20(27)9-17)22-11-19(23-13-29-26(37)30-24(23)35)14-33(25(22)36)21-4-3-6-28-12-21/h3-4,6,8-14H,5,7H2,1-2H3,(H2,29,30,35,37). The fraction of sp³-hybridized carbons (Fsp3) is 0.154. The second kappa shape index (κ2) is 9.82. The maximum absolute atomic E-state index is 13.7. The molecule has 1 aromatic carbocycles. The minimum Gasteiger partial charge on any atom is -0.313 e. The van der Waals surface area contributed by atoms with Crippen LogP contribution in [0, 0.1) is 13.8 Å². The van der Waals surface area contributed by atoms with Crippen LogP contribution in [-0.4, -0.2) is 34.5 Å². The van der Waals surface area contributed by atoms with Crippen molar-refractivity contribution in [2.75, 3.05) is 0 Å². The third-order valence-electron chi connectivity index (χ3n) is 6.17. The number of hydrogen-bond acceptors (Lipinski definition) is 6. The Kier molecular flexibility index (Phi) is 6.41. The van der Waals surface area contributed by atoms with E-state index in [0.717, 1.165) is 17.0 Å². The van der Waals surface area contributed by atoms with Gasteiger partial charge in [0.15, 0.2) is 0 Å². The van der Waals surface area contributed by atoms with Crippen molar-refractivity contribution in [3.05, 3.63) is 114 Å². The molecule has 0 unspecified atom stereocenters. The van der Waals surface area contributed by atoms with Crippen molar-refractivity contribution in [3.8, 4) is 27.9 Å². The molecule has 4 aromatic heterocycles. The Morgan fingerprint density at radius 1 is 1.03 bits per heavy atom. The highest BCUT2D eigenvalue weighted by atomic mass is 35.5. The summed E-state index contributed by atoms with van der Waals surface area (Å²) >= 11 is 6.48. The van der Waals surface area contributed by atoms with E-state index >= 15 is 0 Å². The fourth-order valence-corrected chi connectivity index (χ4v) is 4.35. The first-order valence-electron chi connectivity index (χ1n) is 11.5. The molecule has 186 valence electrons. The van der Waals surface area contributed by atoms with E-state index in [1.54, 1.807) is 42.9 Å². The van der Waals surface area contributed by atoms with Gasteiger partial charge in [-0.3, -0.25) is 24.1 Å². The number of nitrogens with zero attached hydrogens (tertiary/aromatic N) is 5. The molecule has 5 rings (SSSR count). The Hall–Kier alpha value is -4.57. The molecule has 0 amide bonds. The van der Waals surface area contributed by atoms with Gasteiger partial charge < -0.3 is 4.98 Å². The van der Waals surface area contributed by atoms with Crippen LogP contribution in [0.3, 0.4) is 0 Å². The van der Waals surface area contributed by atoms with E-state index in [1.165, 1.54) is 10.8 Å². The van der Waals surface area contributed by atoms with Crippen LogP contribution in [0.2, 0.25) is 5.02 Å². The summed E-state index contributed by atoms with van der Waals surface area (Å²) in [5.41, 5.74) is 3.37. The highest BCUT2D eigenvalue weighted by Crippen LogP contribution is 2.27. The summed E-state index contributed by atoms with van der Waals surface area (Å²) in [6.45, 7) is 4.47. The lowest BCUT2D eigenvalue weighted by atomic mass is 10.00. The molecule has 10 nitrogen and oxygen atoms in total.